The van der Waals surface area contributed by atoms with Gasteiger partial charge in [-0.3, -0.25) is 4.98 Å². The van der Waals surface area contributed by atoms with Gasteiger partial charge in [0.15, 0.2) is 5.06 Å². The number of fused-ring (bicyclic) bond motifs is 1. The quantitative estimate of drug-likeness (QED) is 0.866. The summed E-state index contributed by atoms with van der Waals surface area (Å²) in [6.45, 7) is 6.17. The number of pyridine rings is 1. The van der Waals surface area contributed by atoms with Gasteiger partial charge >= 0.3 is 6.09 Å². The third kappa shape index (κ3) is 4.75. The number of ether oxygens (including phenoxy) is 2. The molecule has 0 saturated heterocycles. The average Bonchev–Trinajstić information content (AvgIpc) is 2.77. The Hall–Kier alpha value is -1.53. The first kappa shape index (κ1) is 15.9. The van der Waals surface area contributed by atoms with E-state index in [-0.39, 0.29) is 0 Å². The SMILES string of the molecule is CC(C)(C)OC(=O)NCCOc1cc2nccc(Cl)c2s1. The number of alkyl carbamates (subject to hydrolysis) is 1. The lowest BCUT2D eigenvalue weighted by Crippen LogP contribution is -2.34. The van der Waals surface area contributed by atoms with Gasteiger partial charge in [-0.2, -0.15) is 0 Å². The summed E-state index contributed by atoms with van der Waals surface area (Å²) < 4.78 is 11.6. The fraction of sp³-hybridized carbons (Fsp3) is 0.429. The molecule has 1 amide bonds. The number of aromatic nitrogens is 1. The molecule has 0 fully saturated rings. The van der Waals surface area contributed by atoms with Crippen LogP contribution in [0.4, 0.5) is 4.79 Å². The number of carbonyl (C=O) groups excluding carboxylic acids is 1. The van der Waals surface area contributed by atoms with E-state index in [2.05, 4.69) is 10.3 Å². The van der Waals surface area contributed by atoms with Crippen molar-refractivity contribution in [1.29, 1.82) is 0 Å². The third-order valence-electron chi connectivity index (χ3n) is 2.36. The molecule has 0 aromatic carbocycles. The number of thiophene rings is 1. The van der Waals surface area contributed by atoms with Crippen LogP contribution >= 0.6 is 22.9 Å². The predicted molar refractivity (Wildman–Crippen MR) is 84.4 cm³/mol. The molecule has 0 atom stereocenters. The summed E-state index contributed by atoms with van der Waals surface area (Å²) in [7, 11) is 0. The van der Waals surface area contributed by atoms with Gasteiger partial charge in [0, 0.05) is 12.3 Å². The lowest BCUT2D eigenvalue weighted by Gasteiger charge is -2.19. The average molecular weight is 329 g/mol. The maximum absolute atomic E-state index is 11.4. The molecule has 0 aliphatic heterocycles. The first-order chi connectivity index (χ1) is 9.85. The first-order valence-corrected chi connectivity index (χ1v) is 7.68. The van der Waals surface area contributed by atoms with Crippen LogP contribution in [0.15, 0.2) is 18.3 Å². The number of nitrogens with zero attached hydrogens (tertiary/aromatic N) is 1. The number of nitrogens with one attached hydrogen (secondary N) is 1. The second-order valence-corrected chi connectivity index (χ2v) is 6.77. The van der Waals surface area contributed by atoms with Crippen LogP contribution in [-0.2, 0) is 4.74 Å². The molecule has 2 heterocycles. The summed E-state index contributed by atoms with van der Waals surface area (Å²) in [6, 6.07) is 3.58. The van der Waals surface area contributed by atoms with Crippen LogP contribution in [0.25, 0.3) is 10.2 Å². The fourth-order valence-electron chi connectivity index (χ4n) is 1.58. The molecule has 0 bridgehead atoms. The Balaban J connectivity index is 1.80. The van der Waals surface area contributed by atoms with Crippen LogP contribution in [0.5, 0.6) is 5.06 Å². The van der Waals surface area contributed by atoms with Gasteiger partial charge in [-0.25, -0.2) is 4.79 Å². The molecule has 0 unspecified atom stereocenters. The molecule has 2 rings (SSSR count). The molecular weight excluding hydrogens is 312 g/mol. The molecule has 0 spiro atoms. The van der Waals surface area contributed by atoms with Gasteiger partial charge in [-0.05, 0) is 26.8 Å². The smallest absolute Gasteiger partial charge is 0.407 e. The van der Waals surface area contributed by atoms with Crippen molar-refractivity contribution in [3.05, 3.63) is 23.4 Å². The summed E-state index contributed by atoms with van der Waals surface area (Å²) in [5, 5.41) is 4.01. The molecule has 0 radical (unpaired) electrons. The van der Waals surface area contributed by atoms with Gasteiger partial charge in [0.25, 0.3) is 0 Å². The number of halogens is 1. The Labute approximate surface area is 132 Å². The van der Waals surface area contributed by atoms with E-state index in [0.717, 1.165) is 15.3 Å². The molecule has 0 aliphatic carbocycles. The van der Waals surface area contributed by atoms with Crippen LogP contribution in [0.3, 0.4) is 0 Å². The van der Waals surface area contributed by atoms with E-state index in [0.29, 0.717) is 18.2 Å². The maximum atomic E-state index is 11.4. The Kier molecular flexibility index (Phi) is 4.90. The molecule has 114 valence electrons. The van der Waals surface area contributed by atoms with Gasteiger partial charge in [0.2, 0.25) is 0 Å². The minimum Gasteiger partial charge on any atom is -0.482 e. The summed E-state index contributed by atoms with van der Waals surface area (Å²) in [6.07, 6.45) is 1.21. The highest BCUT2D eigenvalue weighted by Gasteiger charge is 2.15. The van der Waals surface area contributed by atoms with Gasteiger partial charge in [0.05, 0.1) is 21.8 Å². The summed E-state index contributed by atoms with van der Waals surface area (Å²) >= 11 is 7.51. The Morgan fingerprint density at radius 2 is 2.24 bits per heavy atom. The first-order valence-electron chi connectivity index (χ1n) is 6.49. The molecule has 2 aromatic heterocycles. The molecule has 21 heavy (non-hydrogen) atoms. The van der Waals surface area contributed by atoms with Crippen molar-refractivity contribution in [3.63, 3.8) is 0 Å². The van der Waals surface area contributed by atoms with E-state index in [1.165, 1.54) is 11.3 Å². The summed E-state index contributed by atoms with van der Waals surface area (Å²) in [4.78, 5) is 15.7. The lowest BCUT2D eigenvalue weighted by atomic mass is 10.2. The Bertz CT molecular complexity index is 637. The number of hydrogen-bond donors (Lipinski definition) is 1. The van der Waals surface area contributed by atoms with Crippen LogP contribution in [-0.4, -0.2) is 29.8 Å². The Morgan fingerprint density at radius 3 is 2.90 bits per heavy atom. The second kappa shape index (κ2) is 6.49. The fourth-order valence-corrected chi connectivity index (χ4v) is 2.74. The van der Waals surface area contributed by atoms with Crippen LogP contribution in [0, 0.1) is 0 Å². The normalized spacial score (nSPS) is 11.4. The largest absolute Gasteiger partial charge is 0.482 e. The van der Waals surface area contributed by atoms with E-state index in [9.17, 15) is 4.79 Å². The summed E-state index contributed by atoms with van der Waals surface area (Å²) in [5.74, 6) is 0. The van der Waals surface area contributed by atoms with Crippen LogP contribution in [0.1, 0.15) is 20.8 Å². The number of amides is 1. The van der Waals surface area contributed by atoms with E-state index in [4.69, 9.17) is 21.1 Å². The van der Waals surface area contributed by atoms with E-state index in [1.807, 2.05) is 26.8 Å². The van der Waals surface area contributed by atoms with Gasteiger partial charge < -0.3 is 14.8 Å². The topological polar surface area (TPSA) is 60.5 Å². The molecule has 1 N–H and O–H groups in total. The van der Waals surface area contributed by atoms with Crippen molar-refractivity contribution < 1.29 is 14.3 Å². The zero-order valence-corrected chi connectivity index (χ0v) is 13.7. The highest BCUT2D eigenvalue weighted by atomic mass is 35.5. The summed E-state index contributed by atoms with van der Waals surface area (Å²) in [5.41, 5.74) is 0.307. The zero-order chi connectivity index (χ0) is 15.5. The molecular formula is C14H17ClN2O3S. The molecule has 2 aromatic rings. The van der Waals surface area contributed by atoms with Crippen molar-refractivity contribution in [3.8, 4) is 5.06 Å². The number of hydrogen-bond acceptors (Lipinski definition) is 5. The van der Waals surface area contributed by atoms with Crippen molar-refractivity contribution in [2.24, 2.45) is 0 Å². The van der Waals surface area contributed by atoms with Crippen molar-refractivity contribution >= 4 is 39.2 Å². The highest BCUT2D eigenvalue weighted by Crippen LogP contribution is 2.34. The molecule has 5 nitrogen and oxygen atoms in total. The van der Waals surface area contributed by atoms with E-state index >= 15 is 0 Å². The number of carbonyl (C=O) groups is 1. The highest BCUT2D eigenvalue weighted by molar-refractivity contribution is 7.21. The zero-order valence-electron chi connectivity index (χ0n) is 12.1. The predicted octanol–water partition coefficient (Wildman–Crippen LogP) is 3.85. The lowest BCUT2D eigenvalue weighted by molar-refractivity contribution is 0.0520. The minimum absolute atomic E-state index is 0.351. The van der Waals surface area contributed by atoms with Gasteiger partial charge in [-0.1, -0.05) is 22.9 Å². The number of rotatable bonds is 4. The van der Waals surface area contributed by atoms with Crippen molar-refractivity contribution in [2.75, 3.05) is 13.2 Å². The van der Waals surface area contributed by atoms with E-state index < -0.39 is 11.7 Å². The van der Waals surface area contributed by atoms with Crippen LogP contribution in [0.2, 0.25) is 5.02 Å². The second-order valence-electron chi connectivity index (χ2n) is 5.35. The van der Waals surface area contributed by atoms with Gasteiger partial charge in [-0.15, -0.1) is 0 Å². The molecule has 7 heteroatoms. The monoisotopic (exact) mass is 328 g/mol. The maximum Gasteiger partial charge on any atom is 0.407 e. The van der Waals surface area contributed by atoms with E-state index in [1.54, 1.807) is 12.3 Å². The standard InChI is InChI=1S/C14H17ClN2O3S/c1-14(2,3)20-13(18)17-6-7-19-11-8-10-12(21-11)9(15)4-5-16-10/h4-5,8H,6-7H2,1-3H3,(H,17,18). The molecule has 0 aliphatic rings. The van der Waals surface area contributed by atoms with Crippen molar-refractivity contribution in [1.82, 2.24) is 10.3 Å². The Morgan fingerprint density at radius 1 is 1.48 bits per heavy atom. The van der Waals surface area contributed by atoms with Gasteiger partial charge in [0.1, 0.15) is 12.2 Å². The van der Waals surface area contributed by atoms with Crippen LogP contribution < -0.4 is 10.1 Å². The van der Waals surface area contributed by atoms with Crippen molar-refractivity contribution in [2.45, 2.75) is 26.4 Å². The third-order valence-corrected chi connectivity index (χ3v) is 3.85. The minimum atomic E-state index is -0.501. The molecule has 0 saturated carbocycles.